The van der Waals surface area contributed by atoms with Crippen LogP contribution in [0.2, 0.25) is 0 Å². The fourth-order valence-corrected chi connectivity index (χ4v) is 0.900. The Morgan fingerprint density at radius 1 is 1.18 bits per heavy atom. The quantitative estimate of drug-likeness (QED) is 0.583. The number of rotatable bonds is 4. The minimum atomic E-state index is 0.959. The molecule has 0 N–H and O–H groups in total. The van der Waals surface area contributed by atoms with Crippen molar-refractivity contribution in [3.05, 3.63) is 30.3 Å². The average Bonchev–Trinajstić information content (AvgIpc) is 2.07. The molecular weight excluding hydrogens is 134 g/mol. The molecule has 58 valence electrons. The molecule has 0 aliphatic rings. The van der Waals surface area contributed by atoms with Gasteiger partial charge in [-0.15, -0.1) is 0 Å². The Kier molecular flexibility index (Phi) is 3.70. The molecule has 1 heteroatoms. The summed E-state index contributed by atoms with van der Waals surface area (Å²) in [6.45, 7) is 3.14. The Bertz CT molecular complexity index is 181. The van der Waals surface area contributed by atoms with Crippen LogP contribution in [-0.2, 0) is 0 Å². The van der Waals surface area contributed by atoms with E-state index in [2.05, 4.69) is 12.2 Å². The van der Waals surface area contributed by atoms with Crippen LogP contribution < -0.4 is 5.32 Å². The molecule has 0 heterocycles. The standard InChI is InChI=1S/C10H14N/c1-2-3-9-11-10-7-5-4-6-8-10/h4-8H,2-3,9H2,1H3/q+1. The van der Waals surface area contributed by atoms with Crippen LogP contribution in [-0.4, -0.2) is 6.54 Å². The van der Waals surface area contributed by atoms with Crippen molar-refractivity contribution in [2.24, 2.45) is 0 Å². The van der Waals surface area contributed by atoms with Crippen molar-refractivity contribution in [3.63, 3.8) is 0 Å². The van der Waals surface area contributed by atoms with Crippen molar-refractivity contribution in [1.82, 2.24) is 5.32 Å². The summed E-state index contributed by atoms with van der Waals surface area (Å²) in [5.74, 6) is 0. The Balaban J connectivity index is 2.28. The lowest BCUT2D eigenvalue weighted by molar-refractivity contribution is 0.732. The van der Waals surface area contributed by atoms with E-state index in [-0.39, 0.29) is 0 Å². The molecule has 0 aromatic heterocycles. The van der Waals surface area contributed by atoms with Gasteiger partial charge in [0.2, 0.25) is 5.69 Å². The van der Waals surface area contributed by atoms with E-state index in [1.165, 1.54) is 12.8 Å². The molecule has 0 amide bonds. The lowest BCUT2D eigenvalue weighted by atomic mass is 10.3. The van der Waals surface area contributed by atoms with Crippen molar-refractivity contribution < 1.29 is 0 Å². The minimum Gasteiger partial charge on any atom is -0.0652 e. The zero-order valence-corrected chi connectivity index (χ0v) is 6.96. The number of benzene rings is 1. The molecule has 2 radical (unpaired) electrons. The summed E-state index contributed by atoms with van der Waals surface area (Å²) in [7, 11) is 0. The van der Waals surface area contributed by atoms with Gasteiger partial charge in [-0.1, -0.05) is 31.5 Å². The highest BCUT2D eigenvalue weighted by molar-refractivity contribution is 5.34. The SMILES string of the molecule is CCCC[N+]c1ccccc1. The molecule has 1 aromatic rings. The van der Waals surface area contributed by atoms with Gasteiger partial charge >= 0.3 is 0 Å². The molecule has 0 bridgehead atoms. The van der Waals surface area contributed by atoms with E-state index < -0.39 is 0 Å². The first kappa shape index (κ1) is 8.28. The van der Waals surface area contributed by atoms with Gasteiger partial charge in [0.1, 0.15) is 5.32 Å². The van der Waals surface area contributed by atoms with Crippen LogP contribution in [0.4, 0.5) is 5.69 Å². The van der Waals surface area contributed by atoms with Gasteiger partial charge in [0.25, 0.3) is 0 Å². The molecular formula is C10H14N+. The number of hydrogen-bond acceptors (Lipinski definition) is 0. The minimum absolute atomic E-state index is 0.959. The van der Waals surface area contributed by atoms with Crippen LogP contribution in [0.3, 0.4) is 0 Å². The maximum atomic E-state index is 4.40. The van der Waals surface area contributed by atoms with Gasteiger partial charge in [-0.2, -0.15) is 0 Å². The van der Waals surface area contributed by atoms with Gasteiger partial charge in [-0.25, -0.2) is 0 Å². The molecule has 0 fully saturated rings. The molecule has 0 unspecified atom stereocenters. The third kappa shape index (κ3) is 3.19. The van der Waals surface area contributed by atoms with Crippen LogP contribution in [0.5, 0.6) is 0 Å². The topological polar surface area (TPSA) is 14.1 Å². The monoisotopic (exact) mass is 148 g/mol. The summed E-state index contributed by atoms with van der Waals surface area (Å²) < 4.78 is 0. The van der Waals surface area contributed by atoms with E-state index in [1.54, 1.807) is 0 Å². The molecule has 1 rings (SSSR count). The zero-order chi connectivity index (χ0) is 7.94. The number of unbranched alkanes of at least 4 members (excludes halogenated alkanes) is 1. The second-order valence-electron chi connectivity index (χ2n) is 2.57. The first-order valence-electron chi connectivity index (χ1n) is 4.16. The van der Waals surface area contributed by atoms with Gasteiger partial charge < -0.3 is 0 Å². The molecule has 1 nitrogen and oxygen atoms in total. The number of hydrogen-bond donors (Lipinski definition) is 0. The van der Waals surface area contributed by atoms with E-state index in [9.17, 15) is 0 Å². The van der Waals surface area contributed by atoms with Crippen molar-refractivity contribution >= 4 is 5.69 Å². The third-order valence-electron chi connectivity index (χ3n) is 1.56. The maximum absolute atomic E-state index is 4.40. The van der Waals surface area contributed by atoms with Crippen LogP contribution in [0.15, 0.2) is 30.3 Å². The van der Waals surface area contributed by atoms with Gasteiger partial charge in [0.05, 0.1) is 0 Å². The first-order valence-corrected chi connectivity index (χ1v) is 4.16. The van der Waals surface area contributed by atoms with Crippen LogP contribution in [0.25, 0.3) is 0 Å². The second kappa shape index (κ2) is 4.91. The van der Waals surface area contributed by atoms with Crippen molar-refractivity contribution in [2.45, 2.75) is 19.8 Å². The third-order valence-corrected chi connectivity index (χ3v) is 1.56. The van der Waals surface area contributed by atoms with Crippen LogP contribution >= 0.6 is 0 Å². The lowest BCUT2D eigenvalue weighted by Gasteiger charge is -1.84. The second-order valence-corrected chi connectivity index (χ2v) is 2.57. The Morgan fingerprint density at radius 3 is 2.55 bits per heavy atom. The normalized spacial score (nSPS) is 9.91. The predicted molar refractivity (Wildman–Crippen MR) is 48.0 cm³/mol. The lowest BCUT2D eigenvalue weighted by Crippen LogP contribution is -1.98. The van der Waals surface area contributed by atoms with E-state index >= 15 is 0 Å². The van der Waals surface area contributed by atoms with Crippen molar-refractivity contribution in [3.8, 4) is 0 Å². The van der Waals surface area contributed by atoms with E-state index in [4.69, 9.17) is 0 Å². The van der Waals surface area contributed by atoms with Gasteiger partial charge in [-0.05, 0) is 0 Å². The number of nitrogens with zero attached hydrogens (tertiary/aromatic N) is 1. The molecule has 0 atom stereocenters. The number of para-hydroxylation sites is 1. The Morgan fingerprint density at radius 2 is 1.91 bits per heavy atom. The maximum Gasteiger partial charge on any atom is 0.245 e. The fourth-order valence-electron chi connectivity index (χ4n) is 0.900. The van der Waals surface area contributed by atoms with Crippen molar-refractivity contribution in [2.75, 3.05) is 6.54 Å². The van der Waals surface area contributed by atoms with Crippen LogP contribution in [0.1, 0.15) is 19.8 Å². The van der Waals surface area contributed by atoms with E-state index in [1.807, 2.05) is 30.3 Å². The molecule has 0 saturated carbocycles. The summed E-state index contributed by atoms with van der Waals surface area (Å²) in [6.07, 6.45) is 2.41. The molecule has 1 aromatic carbocycles. The predicted octanol–water partition coefficient (Wildman–Crippen LogP) is 2.72. The van der Waals surface area contributed by atoms with Gasteiger partial charge in [-0.3, -0.25) is 0 Å². The highest BCUT2D eigenvalue weighted by Gasteiger charge is 2.04. The van der Waals surface area contributed by atoms with Crippen LogP contribution in [0, 0.1) is 0 Å². The van der Waals surface area contributed by atoms with E-state index in [0.29, 0.717) is 0 Å². The molecule has 11 heavy (non-hydrogen) atoms. The van der Waals surface area contributed by atoms with Gasteiger partial charge in [0, 0.05) is 18.6 Å². The Hall–Kier alpha value is -0.820. The van der Waals surface area contributed by atoms with Gasteiger partial charge in [0.15, 0.2) is 6.54 Å². The zero-order valence-electron chi connectivity index (χ0n) is 6.96. The smallest absolute Gasteiger partial charge is 0.0652 e. The summed E-state index contributed by atoms with van der Waals surface area (Å²) in [5.41, 5.74) is 1.10. The molecule has 0 aliphatic heterocycles. The summed E-state index contributed by atoms with van der Waals surface area (Å²) in [5, 5.41) is 4.40. The van der Waals surface area contributed by atoms with E-state index in [0.717, 1.165) is 12.2 Å². The molecule has 0 saturated heterocycles. The van der Waals surface area contributed by atoms with Crippen molar-refractivity contribution in [1.29, 1.82) is 0 Å². The highest BCUT2D eigenvalue weighted by atomic mass is 14.9. The Labute approximate surface area is 68.4 Å². The fraction of sp³-hybridized carbons (Fsp3) is 0.400. The molecule has 0 aliphatic carbocycles. The molecule has 0 spiro atoms. The first-order chi connectivity index (χ1) is 5.43. The summed E-state index contributed by atoms with van der Waals surface area (Å²) >= 11 is 0. The average molecular weight is 148 g/mol. The largest absolute Gasteiger partial charge is 0.245 e. The summed E-state index contributed by atoms with van der Waals surface area (Å²) in [6, 6.07) is 10.1. The highest BCUT2D eigenvalue weighted by Crippen LogP contribution is 2.04. The summed E-state index contributed by atoms with van der Waals surface area (Å²) in [4.78, 5) is 0.